The number of amides is 2. The molecule has 6 nitrogen and oxygen atoms in total. The molecule has 0 radical (unpaired) electrons. The number of carbonyl (C=O) groups is 1. The third kappa shape index (κ3) is 4.26. The van der Waals surface area contributed by atoms with Crippen LogP contribution in [0.3, 0.4) is 0 Å². The van der Waals surface area contributed by atoms with Crippen LogP contribution in [0.1, 0.15) is 5.69 Å². The third-order valence-electron chi connectivity index (χ3n) is 3.19. The number of pyridine rings is 1. The highest BCUT2D eigenvalue weighted by atomic mass is 35.5. The molecule has 2 amide bonds. The van der Waals surface area contributed by atoms with Gasteiger partial charge in [0.15, 0.2) is 0 Å². The van der Waals surface area contributed by atoms with Gasteiger partial charge < -0.3 is 19.7 Å². The second kappa shape index (κ2) is 7.69. The van der Waals surface area contributed by atoms with Gasteiger partial charge in [-0.3, -0.25) is 4.98 Å². The van der Waals surface area contributed by atoms with Crippen LogP contribution in [-0.2, 0) is 6.54 Å². The van der Waals surface area contributed by atoms with Gasteiger partial charge in [-0.25, -0.2) is 4.79 Å². The zero-order valence-electron chi connectivity index (χ0n) is 13.2. The van der Waals surface area contributed by atoms with E-state index in [1.54, 1.807) is 25.4 Å². The maximum atomic E-state index is 12.3. The maximum absolute atomic E-state index is 12.3. The molecule has 0 unspecified atom stereocenters. The molecule has 0 spiro atoms. The van der Waals surface area contributed by atoms with E-state index in [9.17, 15) is 4.79 Å². The van der Waals surface area contributed by atoms with Crippen molar-refractivity contribution in [2.24, 2.45) is 0 Å². The molecule has 23 heavy (non-hydrogen) atoms. The Morgan fingerprint density at radius 1 is 1.26 bits per heavy atom. The highest BCUT2D eigenvalue weighted by molar-refractivity contribution is 6.32. The van der Waals surface area contributed by atoms with Crippen molar-refractivity contribution in [2.45, 2.75) is 6.54 Å². The van der Waals surface area contributed by atoms with E-state index < -0.39 is 0 Å². The first-order valence-electron chi connectivity index (χ1n) is 6.88. The van der Waals surface area contributed by atoms with Crippen molar-refractivity contribution in [3.05, 3.63) is 47.2 Å². The van der Waals surface area contributed by atoms with Crippen molar-refractivity contribution in [3.8, 4) is 11.5 Å². The number of anilines is 1. The summed E-state index contributed by atoms with van der Waals surface area (Å²) in [7, 11) is 4.70. The number of nitrogens with one attached hydrogen (secondary N) is 1. The predicted molar refractivity (Wildman–Crippen MR) is 89.3 cm³/mol. The summed E-state index contributed by atoms with van der Waals surface area (Å²) in [6, 6.07) is 8.48. The fourth-order valence-electron chi connectivity index (χ4n) is 1.98. The quantitative estimate of drug-likeness (QED) is 0.909. The van der Waals surface area contributed by atoms with Crippen LogP contribution in [0.15, 0.2) is 36.5 Å². The van der Waals surface area contributed by atoms with Gasteiger partial charge in [-0.15, -0.1) is 0 Å². The van der Waals surface area contributed by atoms with Gasteiger partial charge in [-0.2, -0.15) is 0 Å². The van der Waals surface area contributed by atoms with E-state index in [0.29, 0.717) is 28.8 Å². The highest BCUT2D eigenvalue weighted by Crippen LogP contribution is 2.35. The summed E-state index contributed by atoms with van der Waals surface area (Å²) in [5.74, 6) is 0.908. The number of nitrogens with zero attached hydrogens (tertiary/aromatic N) is 2. The number of urea groups is 1. The number of hydrogen-bond acceptors (Lipinski definition) is 4. The van der Waals surface area contributed by atoms with E-state index in [-0.39, 0.29) is 6.03 Å². The molecular formula is C16H18ClN3O3. The maximum Gasteiger partial charge on any atom is 0.322 e. The molecule has 0 aliphatic heterocycles. The summed E-state index contributed by atoms with van der Waals surface area (Å²) in [6.07, 6.45) is 1.69. The minimum absolute atomic E-state index is 0.293. The Morgan fingerprint density at radius 2 is 2.00 bits per heavy atom. The van der Waals surface area contributed by atoms with Gasteiger partial charge in [-0.1, -0.05) is 17.7 Å². The number of hydrogen-bond donors (Lipinski definition) is 1. The second-order valence-corrected chi connectivity index (χ2v) is 5.20. The highest BCUT2D eigenvalue weighted by Gasteiger charge is 2.15. The zero-order chi connectivity index (χ0) is 16.8. The lowest BCUT2D eigenvalue weighted by atomic mass is 10.2. The minimum Gasteiger partial charge on any atom is -0.495 e. The predicted octanol–water partition coefficient (Wildman–Crippen LogP) is 3.42. The Hall–Kier alpha value is -2.47. The van der Waals surface area contributed by atoms with Crippen molar-refractivity contribution < 1.29 is 14.3 Å². The molecule has 0 aliphatic carbocycles. The standard InChI is InChI=1S/C16H18ClN3O3/c1-20(10-11-6-4-5-7-18-11)16(21)19-13-9-14(22-2)12(17)8-15(13)23-3/h4-9H,10H2,1-3H3,(H,19,21). The largest absolute Gasteiger partial charge is 0.495 e. The normalized spacial score (nSPS) is 10.1. The summed E-state index contributed by atoms with van der Waals surface area (Å²) in [6.45, 7) is 0.389. The van der Waals surface area contributed by atoms with Crippen LogP contribution >= 0.6 is 11.6 Å². The fourth-order valence-corrected chi connectivity index (χ4v) is 2.21. The molecule has 0 saturated carbocycles. The van der Waals surface area contributed by atoms with Crippen LogP contribution in [0, 0.1) is 0 Å². The number of halogens is 1. The number of ether oxygens (including phenoxy) is 2. The molecular weight excluding hydrogens is 318 g/mol. The van der Waals surface area contributed by atoms with Gasteiger partial charge in [-0.05, 0) is 12.1 Å². The summed E-state index contributed by atoms with van der Waals surface area (Å²) < 4.78 is 10.4. The van der Waals surface area contributed by atoms with E-state index >= 15 is 0 Å². The monoisotopic (exact) mass is 335 g/mol. The SMILES string of the molecule is COc1cc(NC(=O)N(C)Cc2ccccn2)c(OC)cc1Cl. The van der Waals surface area contributed by atoms with E-state index in [1.807, 2.05) is 18.2 Å². The molecule has 2 rings (SSSR count). The number of benzene rings is 1. The summed E-state index contributed by atoms with van der Waals surface area (Å²) in [4.78, 5) is 18.0. The molecule has 2 aromatic rings. The summed E-state index contributed by atoms with van der Waals surface area (Å²) in [5, 5.41) is 3.19. The smallest absolute Gasteiger partial charge is 0.322 e. The Morgan fingerprint density at radius 3 is 2.61 bits per heavy atom. The number of rotatable bonds is 5. The molecule has 1 aromatic heterocycles. The third-order valence-corrected chi connectivity index (χ3v) is 3.48. The molecule has 0 atom stereocenters. The molecule has 7 heteroatoms. The van der Waals surface area contributed by atoms with Gasteiger partial charge in [0.25, 0.3) is 0 Å². The zero-order valence-corrected chi connectivity index (χ0v) is 13.9. The van der Waals surface area contributed by atoms with Crippen molar-refractivity contribution >= 4 is 23.3 Å². The average Bonchev–Trinajstić information content (AvgIpc) is 2.56. The fraction of sp³-hybridized carbons (Fsp3) is 0.250. The van der Waals surface area contributed by atoms with E-state index in [0.717, 1.165) is 5.69 Å². The van der Waals surface area contributed by atoms with Crippen molar-refractivity contribution in [1.29, 1.82) is 0 Å². The van der Waals surface area contributed by atoms with E-state index in [4.69, 9.17) is 21.1 Å². The van der Waals surface area contributed by atoms with E-state index in [1.165, 1.54) is 19.1 Å². The molecule has 0 aliphatic rings. The average molecular weight is 336 g/mol. The molecule has 0 saturated heterocycles. The van der Waals surface area contributed by atoms with Crippen LogP contribution in [-0.4, -0.2) is 37.2 Å². The first-order valence-corrected chi connectivity index (χ1v) is 7.26. The van der Waals surface area contributed by atoms with Gasteiger partial charge in [0.05, 0.1) is 37.2 Å². The van der Waals surface area contributed by atoms with Crippen molar-refractivity contribution in [2.75, 3.05) is 26.6 Å². The van der Waals surface area contributed by atoms with Crippen LogP contribution in [0.4, 0.5) is 10.5 Å². The Kier molecular flexibility index (Phi) is 5.65. The minimum atomic E-state index is -0.293. The topological polar surface area (TPSA) is 63.7 Å². The summed E-state index contributed by atoms with van der Waals surface area (Å²) in [5.41, 5.74) is 1.28. The molecule has 122 valence electrons. The van der Waals surface area contributed by atoms with E-state index in [2.05, 4.69) is 10.3 Å². The van der Waals surface area contributed by atoms with Crippen molar-refractivity contribution in [3.63, 3.8) is 0 Å². The first-order chi connectivity index (χ1) is 11.0. The van der Waals surface area contributed by atoms with Crippen LogP contribution < -0.4 is 14.8 Å². The number of carbonyl (C=O) groups excluding carboxylic acids is 1. The lowest BCUT2D eigenvalue weighted by Gasteiger charge is -2.19. The Bertz CT molecular complexity index is 680. The molecule has 1 aromatic carbocycles. The lowest BCUT2D eigenvalue weighted by molar-refractivity contribution is 0.220. The van der Waals surface area contributed by atoms with Crippen LogP contribution in [0.25, 0.3) is 0 Å². The molecule has 0 bridgehead atoms. The number of methoxy groups -OCH3 is 2. The second-order valence-electron chi connectivity index (χ2n) is 4.79. The first kappa shape index (κ1) is 16.9. The summed E-state index contributed by atoms with van der Waals surface area (Å²) >= 11 is 6.05. The Balaban J connectivity index is 2.13. The van der Waals surface area contributed by atoms with Gasteiger partial charge in [0, 0.05) is 25.4 Å². The van der Waals surface area contributed by atoms with Crippen molar-refractivity contribution in [1.82, 2.24) is 9.88 Å². The Labute approximate surface area is 140 Å². The van der Waals surface area contributed by atoms with Crippen LogP contribution in [0.5, 0.6) is 11.5 Å². The molecule has 0 fully saturated rings. The van der Waals surface area contributed by atoms with Crippen LogP contribution in [0.2, 0.25) is 5.02 Å². The van der Waals surface area contributed by atoms with Gasteiger partial charge in [0.1, 0.15) is 11.5 Å². The molecule has 1 heterocycles. The van der Waals surface area contributed by atoms with Gasteiger partial charge in [0.2, 0.25) is 0 Å². The molecule has 1 N–H and O–H groups in total. The number of aromatic nitrogens is 1. The van der Waals surface area contributed by atoms with Gasteiger partial charge >= 0.3 is 6.03 Å². The lowest BCUT2D eigenvalue weighted by Crippen LogP contribution is -2.31.